The first kappa shape index (κ1) is 19.9. The van der Waals surface area contributed by atoms with Crippen molar-refractivity contribution in [1.29, 1.82) is 0 Å². The molecular weight excluding hydrogens is 376 g/mol. The zero-order chi connectivity index (χ0) is 20.8. The van der Waals surface area contributed by atoms with Crippen molar-refractivity contribution in [1.82, 2.24) is 14.9 Å². The number of ether oxygens (including phenoxy) is 1. The topological polar surface area (TPSA) is 58.6 Å². The Labute approximate surface area is 177 Å². The van der Waals surface area contributed by atoms with Crippen molar-refractivity contribution in [2.75, 3.05) is 38.2 Å². The number of carbonyl (C=O) groups is 1. The van der Waals surface area contributed by atoms with Gasteiger partial charge in [0.1, 0.15) is 11.6 Å². The summed E-state index contributed by atoms with van der Waals surface area (Å²) in [5, 5.41) is 0. The van der Waals surface area contributed by atoms with Gasteiger partial charge in [-0.25, -0.2) is 4.98 Å². The highest BCUT2D eigenvalue weighted by Gasteiger charge is 2.25. The summed E-state index contributed by atoms with van der Waals surface area (Å²) in [6.45, 7) is 2.92. The molecule has 0 bridgehead atoms. The second kappa shape index (κ2) is 9.39. The molecule has 2 aromatic carbocycles. The lowest BCUT2D eigenvalue weighted by molar-refractivity contribution is -0.131. The number of aromatic nitrogens is 2. The molecule has 1 saturated heterocycles. The summed E-state index contributed by atoms with van der Waals surface area (Å²) < 4.78 is 5.29. The zero-order valence-electron chi connectivity index (χ0n) is 17.1. The minimum atomic E-state index is 0.0163. The average Bonchev–Trinajstić information content (AvgIpc) is 2.84. The SMILES string of the molecule is COc1ccc(C(CC(=O)N2CCN(c3cnccn3)CC2)c2ccccc2)cc1. The molecule has 1 aliphatic rings. The molecule has 1 fully saturated rings. The van der Waals surface area contributed by atoms with Crippen LogP contribution in [-0.4, -0.2) is 54.1 Å². The van der Waals surface area contributed by atoms with Gasteiger partial charge in [-0.2, -0.15) is 0 Å². The van der Waals surface area contributed by atoms with Crippen molar-refractivity contribution in [2.24, 2.45) is 0 Å². The number of amides is 1. The molecule has 0 saturated carbocycles. The van der Waals surface area contributed by atoms with Gasteiger partial charge < -0.3 is 14.5 Å². The van der Waals surface area contributed by atoms with Crippen molar-refractivity contribution in [3.8, 4) is 5.75 Å². The Morgan fingerprint density at radius 2 is 1.67 bits per heavy atom. The second-order valence-electron chi connectivity index (χ2n) is 7.37. The number of benzene rings is 2. The van der Waals surface area contributed by atoms with Crippen LogP contribution in [0.5, 0.6) is 5.75 Å². The summed E-state index contributed by atoms with van der Waals surface area (Å²) in [4.78, 5) is 25.8. The number of piperazine rings is 1. The highest BCUT2D eigenvalue weighted by atomic mass is 16.5. The van der Waals surface area contributed by atoms with Gasteiger partial charge in [0.25, 0.3) is 0 Å². The molecule has 154 valence electrons. The number of hydrogen-bond donors (Lipinski definition) is 0. The maximum Gasteiger partial charge on any atom is 0.223 e. The minimum absolute atomic E-state index is 0.0163. The molecule has 6 nitrogen and oxygen atoms in total. The molecule has 1 amide bonds. The molecule has 1 aliphatic heterocycles. The van der Waals surface area contributed by atoms with Crippen LogP contribution in [0.2, 0.25) is 0 Å². The van der Waals surface area contributed by atoms with Crippen molar-refractivity contribution >= 4 is 11.7 Å². The number of hydrogen-bond acceptors (Lipinski definition) is 5. The Balaban J connectivity index is 1.45. The molecule has 3 aromatic rings. The van der Waals surface area contributed by atoms with Crippen LogP contribution in [0.4, 0.5) is 5.82 Å². The monoisotopic (exact) mass is 402 g/mol. The molecule has 1 aromatic heterocycles. The summed E-state index contributed by atoms with van der Waals surface area (Å²) in [5.74, 6) is 1.88. The van der Waals surface area contributed by atoms with Gasteiger partial charge in [0.2, 0.25) is 5.91 Å². The third kappa shape index (κ3) is 4.59. The molecule has 1 atom stereocenters. The maximum absolute atomic E-state index is 13.2. The lowest BCUT2D eigenvalue weighted by atomic mass is 9.88. The summed E-state index contributed by atoms with van der Waals surface area (Å²) in [5.41, 5.74) is 2.27. The van der Waals surface area contributed by atoms with E-state index in [1.54, 1.807) is 25.7 Å². The van der Waals surface area contributed by atoms with Crippen molar-refractivity contribution < 1.29 is 9.53 Å². The van der Waals surface area contributed by atoms with E-state index in [1.165, 1.54) is 0 Å². The quantitative estimate of drug-likeness (QED) is 0.633. The maximum atomic E-state index is 13.2. The normalized spacial score (nSPS) is 15.0. The number of anilines is 1. The van der Waals surface area contributed by atoms with Crippen LogP contribution in [0.3, 0.4) is 0 Å². The molecule has 0 spiro atoms. The first-order valence-corrected chi connectivity index (χ1v) is 10.2. The van der Waals surface area contributed by atoms with Crippen LogP contribution in [0, 0.1) is 0 Å². The van der Waals surface area contributed by atoms with Crippen LogP contribution in [-0.2, 0) is 4.79 Å². The van der Waals surface area contributed by atoms with E-state index >= 15 is 0 Å². The fourth-order valence-electron chi connectivity index (χ4n) is 3.89. The smallest absolute Gasteiger partial charge is 0.223 e. The number of methoxy groups -OCH3 is 1. The van der Waals surface area contributed by atoms with Gasteiger partial charge in [0.05, 0.1) is 13.3 Å². The van der Waals surface area contributed by atoms with E-state index in [1.807, 2.05) is 35.2 Å². The van der Waals surface area contributed by atoms with E-state index in [9.17, 15) is 4.79 Å². The first-order valence-electron chi connectivity index (χ1n) is 10.2. The Kier molecular flexibility index (Phi) is 6.23. The first-order chi connectivity index (χ1) is 14.7. The van der Waals surface area contributed by atoms with Gasteiger partial charge in [-0.15, -0.1) is 0 Å². The molecule has 1 unspecified atom stereocenters. The summed E-state index contributed by atoms with van der Waals surface area (Å²) in [6, 6.07) is 18.2. The second-order valence-corrected chi connectivity index (χ2v) is 7.37. The fourth-order valence-corrected chi connectivity index (χ4v) is 3.89. The van der Waals surface area contributed by atoms with Gasteiger partial charge in [0.15, 0.2) is 0 Å². The number of nitrogens with zero attached hydrogens (tertiary/aromatic N) is 4. The molecule has 6 heteroatoms. The molecule has 0 N–H and O–H groups in total. The summed E-state index contributed by atoms with van der Waals surface area (Å²) >= 11 is 0. The largest absolute Gasteiger partial charge is 0.497 e. The molecule has 0 radical (unpaired) electrons. The van der Waals surface area contributed by atoms with Gasteiger partial charge in [-0.05, 0) is 23.3 Å². The zero-order valence-corrected chi connectivity index (χ0v) is 17.1. The molecule has 4 rings (SSSR count). The Hall–Kier alpha value is -3.41. The van der Waals surface area contributed by atoms with Crippen LogP contribution < -0.4 is 9.64 Å². The Morgan fingerprint density at radius 3 is 2.30 bits per heavy atom. The highest BCUT2D eigenvalue weighted by Crippen LogP contribution is 2.30. The fraction of sp³-hybridized carbons (Fsp3) is 0.292. The molecule has 2 heterocycles. The average molecular weight is 402 g/mol. The Bertz CT molecular complexity index is 940. The van der Waals surface area contributed by atoms with E-state index in [4.69, 9.17) is 4.74 Å². The van der Waals surface area contributed by atoms with Crippen LogP contribution >= 0.6 is 0 Å². The van der Waals surface area contributed by atoms with E-state index in [2.05, 4.69) is 39.1 Å². The molecule has 0 aliphatic carbocycles. The third-order valence-corrected chi connectivity index (χ3v) is 5.60. The minimum Gasteiger partial charge on any atom is -0.497 e. The van der Waals surface area contributed by atoms with E-state index in [0.29, 0.717) is 19.5 Å². The van der Waals surface area contributed by atoms with Crippen LogP contribution in [0.25, 0.3) is 0 Å². The summed E-state index contributed by atoms with van der Waals surface area (Å²) in [7, 11) is 1.66. The summed E-state index contributed by atoms with van der Waals surface area (Å²) in [6.07, 6.45) is 5.59. The van der Waals surface area contributed by atoms with Gasteiger partial charge >= 0.3 is 0 Å². The predicted octanol–water partition coefficient (Wildman–Crippen LogP) is 3.36. The number of carbonyl (C=O) groups excluding carboxylic acids is 1. The van der Waals surface area contributed by atoms with Crippen molar-refractivity contribution in [3.63, 3.8) is 0 Å². The van der Waals surface area contributed by atoms with E-state index in [0.717, 1.165) is 35.8 Å². The van der Waals surface area contributed by atoms with Crippen molar-refractivity contribution in [3.05, 3.63) is 84.3 Å². The van der Waals surface area contributed by atoms with Gasteiger partial charge in [0, 0.05) is 50.9 Å². The third-order valence-electron chi connectivity index (χ3n) is 5.60. The standard InChI is InChI=1S/C24H26N4O2/c1-30-21-9-7-20(8-10-21)22(19-5-3-2-4-6-19)17-24(29)28-15-13-27(14-16-28)23-18-25-11-12-26-23/h2-12,18,22H,13-17H2,1H3. The molecular formula is C24H26N4O2. The van der Waals surface area contributed by atoms with Gasteiger partial charge in [-0.1, -0.05) is 42.5 Å². The lowest BCUT2D eigenvalue weighted by Gasteiger charge is -2.36. The predicted molar refractivity (Wildman–Crippen MR) is 117 cm³/mol. The molecule has 30 heavy (non-hydrogen) atoms. The van der Waals surface area contributed by atoms with Gasteiger partial charge in [-0.3, -0.25) is 9.78 Å². The van der Waals surface area contributed by atoms with Crippen LogP contribution in [0.1, 0.15) is 23.5 Å². The Morgan fingerprint density at radius 1 is 0.967 bits per heavy atom. The van der Waals surface area contributed by atoms with Crippen molar-refractivity contribution in [2.45, 2.75) is 12.3 Å². The lowest BCUT2D eigenvalue weighted by Crippen LogP contribution is -2.49. The number of rotatable bonds is 6. The van der Waals surface area contributed by atoms with E-state index < -0.39 is 0 Å². The highest BCUT2D eigenvalue weighted by molar-refractivity contribution is 5.78. The van der Waals surface area contributed by atoms with Crippen LogP contribution in [0.15, 0.2) is 73.2 Å². The van der Waals surface area contributed by atoms with E-state index in [-0.39, 0.29) is 11.8 Å².